The topological polar surface area (TPSA) is 124 Å². The first-order valence-electron chi connectivity index (χ1n) is 12.0. The Bertz CT molecular complexity index is 1590. The van der Waals surface area contributed by atoms with Crippen LogP contribution in [0.1, 0.15) is 36.9 Å². The van der Waals surface area contributed by atoms with Gasteiger partial charge in [0, 0.05) is 11.1 Å². The first-order valence-corrected chi connectivity index (χ1v) is 12.0. The number of nitrogens with zero attached hydrogens (tertiary/aromatic N) is 2. The van der Waals surface area contributed by atoms with E-state index in [-0.39, 0.29) is 17.2 Å². The summed E-state index contributed by atoms with van der Waals surface area (Å²) in [6, 6.07) is 12.9. The highest BCUT2D eigenvalue weighted by Gasteiger charge is 2.27. The lowest BCUT2D eigenvalue weighted by molar-refractivity contribution is 0.396. The van der Waals surface area contributed by atoms with Crippen LogP contribution in [0, 0.1) is 0 Å². The summed E-state index contributed by atoms with van der Waals surface area (Å²) >= 11 is 0. The van der Waals surface area contributed by atoms with Gasteiger partial charge in [0.15, 0.2) is 5.58 Å². The Morgan fingerprint density at radius 1 is 1.00 bits per heavy atom. The minimum Gasteiger partial charge on any atom is -0.506 e. The molecule has 5 rings (SSSR count). The fraction of sp³-hybridized carbons (Fsp3) is 0.250. The van der Waals surface area contributed by atoms with Gasteiger partial charge < -0.3 is 28.5 Å². The van der Waals surface area contributed by atoms with Gasteiger partial charge in [-0.1, -0.05) is 36.7 Å². The predicted molar refractivity (Wildman–Crippen MR) is 138 cm³/mol. The second-order valence-corrected chi connectivity index (χ2v) is 8.61. The molecule has 0 bridgehead atoms. The Hall–Kier alpha value is -4.53. The largest absolute Gasteiger partial charge is 0.506 e. The highest BCUT2D eigenvalue weighted by molar-refractivity contribution is 5.87. The van der Waals surface area contributed by atoms with Crippen LogP contribution in [0.25, 0.3) is 33.6 Å². The number of aromatic nitrogens is 3. The van der Waals surface area contributed by atoms with Gasteiger partial charge in [-0.15, -0.1) is 0 Å². The lowest BCUT2D eigenvalue weighted by Gasteiger charge is -2.18. The number of nitrogens with one attached hydrogen (secondary N) is 1. The third-order valence-electron chi connectivity index (χ3n) is 6.29. The number of H-pyrrole nitrogens is 1. The minimum absolute atomic E-state index is 0.00120. The number of fused-ring (bicyclic) bond motifs is 1. The monoisotopic (exact) mass is 501 g/mol. The van der Waals surface area contributed by atoms with E-state index in [9.17, 15) is 9.90 Å². The van der Waals surface area contributed by atoms with Gasteiger partial charge in [0.2, 0.25) is 5.89 Å². The highest BCUT2D eigenvalue weighted by Crippen LogP contribution is 2.46. The molecule has 190 valence electrons. The van der Waals surface area contributed by atoms with E-state index in [2.05, 4.69) is 22.0 Å². The Morgan fingerprint density at radius 2 is 1.76 bits per heavy atom. The van der Waals surface area contributed by atoms with Crippen LogP contribution in [0.15, 0.2) is 62.4 Å². The van der Waals surface area contributed by atoms with Gasteiger partial charge >= 0.3 is 0 Å². The van der Waals surface area contributed by atoms with E-state index in [1.54, 1.807) is 32.4 Å². The van der Waals surface area contributed by atoms with Crippen LogP contribution in [0.3, 0.4) is 0 Å². The van der Waals surface area contributed by atoms with Crippen LogP contribution in [0.4, 0.5) is 0 Å². The van der Waals surface area contributed by atoms with Crippen molar-refractivity contribution in [2.24, 2.45) is 0 Å². The molecule has 0 atom stereocenters. The van der Waals surface area contributed by atoms with Crippen LogP contribution in [-0.2, 0) is 12.8 Å². The number of methoxy groups -OCH3 is 2. The van der Waals surface area contributed by atoms with Gasteiger partial charge in [0.05, 0.1) is 43.7 Å². The minimum atomic E-state index is -0.499. The zero-order valence-electron chi connectivity index (χ0n) is 20.8. The smallest absolute Gasteiger partial charge is 0.264 e. The van der Waals surface area contributed by atoms with Crippen LogP contribution in [-0.4, -0.2) is 34.5 Å². The van der Waals surface area contributed by atoms with Gasteiger partial charge in [-0.25, -0.2) is 4.98 Å². The Balaban J connectivity index is 1.63. The molecule has 0 spiro atoms. The number of unbranched alkanes of at least 4 members (excludes halogenated alkanes) is 1. The average molecular weight is 502 g/mol. The van der Waals surface area contributed by atoms with Crippen molar-refractivity contribution in [1.29, 1.82) is 0 Å². The van der Waals surface area contributed by atoms with Gasteiger partial charge in [-0.05, 0) is 37.1 Å². The number of hydrogen-bond acceptors (Lipinski definition) is 8. The quantitative estimate of drug-likeness (QED) is 0.272. The second-order valence-electron chi connectivity index (χ2n) is 8.61. The molecule has 0 fully saturated rings. The molecule has 0 aliphatic rings. The zero-order valence-corrected chi connectivity index (χ0v) is 20.8. The van der Waals surface area contributed by atoms with Crippen molar-refractivity contribution in [3.8, 4) is 39.8 Å². The average Bonchev–Trinajstić information content (AvgIpc) is 3.54. The van der Waals surface area contributed by atoms with Crippen LogP contribution < -0.4 is 15.0 Å². The Kier molecular flexibility index (Phi) is 6.68. The molecule has 0 radical (unpaired) electrons. The number of oxazole rings is 1. The van der Waals surface area contributed by atoms with Crippen LogP contribution in [0.5, 0.6) is 17.2 Å². The standard InChI is InChI=1S/C28H27N3O6/c1-4-5-10-18-23(24-21(34-2)12-8-13-22(24)35-3)26(32)25(27(33)30-18)28-29-15-16(36-28)14-19-17-9-6-7-11-20(17)37-31-19/h6-9,11-13,15H,4-5,10,14H2,1-3H3,(H2,30,32,33). The summed E-state index contributed by atoms with van der Waals surface area (Å²) < 4.78 is 22.5. The molecule has 3 aromatic heterocycles. The summed E-state index contributed by atoms with van der Waals surface area (Å²) in [6.07, 6.45) is 4.10. The fourth-order valence-electron chi connectivity index (χ4n) is 4.48. The molecule has 37 heavy (non-hydrogen) atoms. The fourth-order valence-corrected chi connectivity index (χ4v) is 4.48. The summed E-state index contributed by atoms with van der Waals surface area (Å²) in [5.41, 5.74) is 2.32. The van der Waals surface area contributed by atoms with E-state index in [1.807, 2.05) is 24.3 Å². The zero-order chi connectivity index (χ0) is 25.9. The number of aromatic amines is 1. The molecule has 3 heterocycles. The predicted octanol–water partition coefficient (Wildman–Crippen LogP) is 5.49. The summed E-state index contributed by atoms with van der Waals surface area (Å²) in [7, 11) is 3.09. The third kappa shape index (κ3) is 4.44. The maximum Gasteiger partial charge on any atom is 0.264 e. The Labute approximate surface area is 212 Å². The molecule has 0 aliphatic heterocycles. The van der Waals surface area contributed by atoms with Gasteiger partial charge in [-0.2, -0.15) is 0 Å². The number of rotatable bonds is 9. The molecule has 0 saturated heterocycles. The lowest BCUT2D eigenvalue weighted by atomic mass is 9.96. The number of benzene rings is 2. The van der Waals surface area contributed by atoms with Crippen molar-refractivity contribution >= 4 is 11.0 Å². The number of aryl methyl sites for hydroxylation is 1. The first kappa shape index (κ1) is 24.2. The van der Waals surface area contributed by atoms with Gasteiger partial charge in [0.1, 0.15) is 28.6 Å². The third-order valence-corrected chi connectivity index (χ3v) is 6.29. The Morgan fingerprint density at radius 3 is 2.49 bits per heavy atom. The molecular weight excluding hydrogens is 474 g/mol. The number of hydrogen-bond donors (Lipinski definition) is 2. The van der Waals surface area contributed by atoms with E-state index in [4.69, 9.17) is 18.4 Å². The number of para-hydroxylation sites is 1. The molecule has 2 aromatic carbocycles. The second kappa shape index (κ2) is 10.2. The molecule has 9 nitrogen and oxygen atoms in total. The molecule has 5 aromatic rings. The SMILES string of the molecule is CCCCc1[nH]c(=O)c(-c2ncc(Cc3noc4ccccc34)o2)c(O)c1-c1c(OC)cccc1OC. The van der Waals surface area contributed by atoms with E-state index < -0.39 is 5.56 Å². The first-order chi connectivity index (χ1) is 18.0. The van der Waals surface area contributed by atoms with E-state index in [0.29, 0.717) is 58.2 Å². The van der Waals surface area contributed by atoms with Crippen molar-refractivity contribution in [3.05, 3.63) is 76.2 Å². The summed E-state index contributed by atoms with van der Waals surface area (Å²) in [5, 5.41) is 16.5. The molecule has 0 unspecified atom stereocenters. The normalized spacial score (nSPS) is 11.2. The molecule has 9 heteroatoms. The number of aromatic hydroxyl groups is 1. The van der Waals surface area contributed by atoms with Gasteiger partial charge in [-0.3, -0.25) is 4.79 Å². The molecule has 2 N–H and O–H groups in total. The van der Waals surface area contributed by atoms with E-state index in [1.165, 1.54) is 6.20 Å². The summed E-state index contributed by atoms with van der Waals surface area (Å²) in [6.45, 7) is 2.06. The number of pyridine rings is 1. The molecule has 0 aliphatic carbocycles. The van der Waals surface area contributed by atoms with Gasteiger partial charge in [0.25, 0.3) is 5.56 Å². The highest BCUT2D eigenvalue weighted by atomic mass is 16.5. The van der Waals surface area contributed by atoms with Crippen molar-refractivity contribution in [2.45, 2.75) is 32.6 Å². The summed E-state index contributed by atoms with van der Waals surface area (Å²) in [5.74, 6) is 1.21. The molecule has 0 amide bonds. The van der Waals surface area contributed by atoms with Crippen LogP contribution >= 0.6 is 0 Å². The lowest BCUT2D eigenvalue weighted by Crippen LogP contribution is -2.14. The van der Waals surface area contributed by atoms with E-state index >= 15 is 0 Å². The van der Waals surface area contributed by atoms with Crippen molar-refractivity contribution in [1.82, 2.24) is 15.1 Å². The summed E-state index contributed by atoms with van der Waals surface area (Å²) in [4.78, 5) is 20.5. The van der Waals surface area contributed by atoms with Crippen molar-refractivity contribution < 1.29 is 23.5 Å². The number of ether oxygens (including phenoxy) is 2. The van der Waals surface area contributed by atoms with Crippen molar-refractivity contribution in [3.63, 3.8) is 0 Å². The van der Waals surface area contributed by atoms with Crippen molar-refractivity contribution in [2.75, 3.05) is 14.2 Å². The maximum atomic E-state index is 13.2. The van der Waals surface area contributed by atoms with Crippen LogP contribution in [0.2, 0.25) is 0 Å². The maximum absolute atomic E-state index is 13.2. The molecular formula is C28H27N3O6. The molecule has 0 saturated carbocycles. The van der Waals surface area contributed by atoms with E-state index in [0.717, 1.165) is 18.2 Å².